The number of ketones is 1. The Balaban J connectivity index is 1.36. The highest BCUT2D eigenvalue weighted by molar-refractivity contribution is 7.99. The number of hydrogen-bond acceptors (Lipinski definition) is 7. The van der Waals surface area contributed by atoms with Gasteiger partial charge in [0.25, 0.3) is 0 Å². The van der Waals surface area contributed by atoms with Gasteiger partial charge in [-0.1, -0.05) is 30.0 Å². The van der Waals surface area contributed by atoms with Gasteiger partial charge < -0.3 is 9.30 Å². The molecule has 0 bridgehead atoms. The van der Waals surface area contributed by atoms with Crippen LogP contribution in [0.4, 0.5) is 0 Å². The lowest BCUT2D eigenvalue weighted by molar-refractivity contribution is 0.102. The van der Waals surface area contributed by atoms with E-state index in [1.165, 1.54) is 11.8 Å². The van der Waals surface area contributed by atoms with Gasteiger partial charge in [0, 0.05) is 23.0 Å². The summed E-state index contributed by atoms with van der Waals surface area (Å²) in [5.41, 5.74) is 3.39. The molecule has 1 saturated heterocycles. The molecular formula is C22H26N4O4S2. The fourth-order valence-electron chi connectivity index (χ4n) is 4.08. The maximum Gasteiger partial charge on any atom is 0.208 e. The summed E-state index contributed by atoms with van der Waals surface area (Å²) in [7, 11) is -3.00. The first-order valence-electron chi connectivity index (χ1n) is 10.4. The first-order chi connectivity index (χ1) is 15.2. The number of benzene rings is 1. The molecule has 0 spiro atoms. The molecule has 4 rings (SSSR count). The van der Waals surface area contributed by atoms with Crippen LogP contribution in [0.1, 0.15) is 45.6 Å². The van der Waals surface area contributed by atoms with Crippen LogP contribution >= 0.6 is 11.8 Å². The Bertz CT molecular complexity index is 1250. The molecule has 1 atom stereocenters. The molecular weight excluding hydrogens is 448 g/mol. The molecule has 170 valence electrons. The van der Waals surface area contributed by atoms with E-state index in [1.54, 1.807) is 0 Å². The number of nitrogens with zero attached hydrogens (tertiary/aromatic N) is 3. The zero-order valence-electron chi connectivity index (χ0n) is 18.3. The van der Waals surface area contributed by atoms with Gasteiger partial charge in [0.05, 0.1) is 17.3 Å². The van der Waals surface area contributed by atoms with Crippen LogP contribution in [-0.4, -0.2) is 51.2 Å². The van der Waals surface area contributed by atoms with E-state index >= 15 is 0 Å². The number of aromatic nitrogens is 4. The normalized spacial score (nSPS) is 17.5. The smallest absolute Gasteiger partial charge is 0.208 e. The SMILES string of the molecule is Cc1ccccc1OCc1nc(SCC(=O)c2cc(C)n([C@H]3CCS(=O)(=O)C3)c2C)n[nH]1. The quantitative estimate of drug-likeness (QED) is 0.394. The van der Waals surface area contributed by atoms with Crippen LogP contribution in [0.3, 0.4) is 0 Å². The zero-order valence-corrected chi connectivity index (χ0v) is 19.9. The second-order valence-corrected chi connectivity index (χ2v) is 11.2. The van der Waals surface area contributed by atoms with Gasteiger partial charge in [0.1, 0.15) is 12.4 Å². The number of nitrogens with one attached hydrogen (secondary N) is 1. The number of para-hydroxylation sites is 1. The minimum absolute atomic E-state index is 0.0299. The molecule has 1 fully saturated rings. The second-order valence-electron chi connectivity index (χ2n) is 8.04. The van der Waals surface area contributed by atoms with E-state index in [0.29, 0.717) is 23.0 Å². The van der Waals surface area contributed by atoms with E-state index in [9.17, 15) is 13.2 Å². The van der Waals surface area contributed by atoms with Crippen molar-refractivity contribution in [2.45, 2.75) is 45.0 Å². The number of rotatable bonds is 8. The Morgan fingerprint density at radius 2 is 2.06 bits per heavy atom. The molecule has 0 aliphatic carbocycles. The third-order valence-electron chi connectivity index (χ3n) is 5.66. The number of aryl methyl sites for hydroxylation is 2. The molecule has 1 aliphatic rings. The summed E-state index contributed by atoms with van der Waals surface area (Å²) < 4.78 is 31.5. The van der Waals surface area contributed by atoms with Crippen molar-refractivity contribution in [3.63, 3.8) is 0 Å². The summed E-state index contributed by atoms with van der Waals surface area (Å²) in [6.45, 7) is 6.03. The van der Waals surface area contributed by atoms with Crippen molar-refractivity contribution in [2.24, 2.45) is 0 Å². The van der Waals surface area contributed by atoms with E-state index in [2.05, 4.69) is 15.2 Å². The highest BCUT2D eigenvalue weighted by Crippen LogP contribution is 2.30. The molecule has 0 amide bonds. The highest BCUT2D eigenvalue weighted by atomic mass is 32.2. The van der Waals surface area contributed by atoms with Crippen molar-refractivity contribution < 1.29 is 17.9 Å². The van der Waals surface area contributed by atoms with Crippen LogP contribution in [0.5, 0.6) is 5.75 Å². The number of sulfone groups is 1. The Hall–Kier alpha value is -2.59. The summed E-state index contributed by atoms with van der Waals surface area (Å²) in [6.07, 6.45) is 0.589. The van der Waals surface area contributed by atoms with Gasteiger partial charge in [-0.2, -0.15) is 0 Å². The Morgan fingerprint density at radius 1 is 1.28 bits per heavy atom. The van der Waals surface area contributed by atoms with Crippen molar-refractivity contribution in [1.29, 1.82) is 0 Å². The van der Waals surface area contributed by atoms with Crippen molar-refractivity contribution in [1.82, 2.24) is 19.7 Å². The summed E-state index contributed by atoms with van der Waals surface area (Å²) in [6, 6.07) is 9.50. The lowest BCUT2D eigenvalue weighted by Crippen LogP contribution is -2.14. The molecule has 3 aromatic rings. The number of Topliss-reactive ketones (excluding diaryl/α,β-unsaturated/α-hetero) is 1. The second kappa shape index (κ2) is 9.11. The average molecular weight is 475 g/mol. The number of carbonyl (C=O) groups is 1. The Morgan fingerprint density at radius 3 is 2.78 bits per heavy atom. The highest BCUT2D eigenvalue weighted by Gasteiger charge is 2.31. The minimum atomic E-state index is -3.00. The predicted octanol–water partition coefficient (Wildman–Crippen LogP) is 3.45. The number of aromatic amines is 1. The first kappa shape index (κ1) is 22.6. The van der Waals surface area contributed by atoms with Gasteiger partial charge in [-0.3, -0.25) is 9.89 Å². The summed E-state index contributed by atoms with van der Waals surface area (Å²) in [5.74, 6) is 1.88. The van der Waals surface area contributed by atoms with Gasteiger partial charge in [-0.25, -0.2) is 13.4 Å². The minimum Gasteiger partial charge on any atom is -0.485 e. The van der Waals surface area contributed by atoms with Gasteiger partial charge in [0.15, 0.2) is 21.4 Å². The summed E-state index contributed by atoms with van der Waals surface area (Å²) in [5, 5.41) is 7.50. The third-order valence-corrected chi connectivity index (χ3v) is 8.26. The lowest BCUT2D eigenvalue weighted by atomic mass is 10.2. The predicted molar refractivity (Wildman–Crippen MR) is 123 cm³/mol. The molecule has 2 aromatic heterocycles. The summed E-state index contributed by atoms with van der Waals surface area (Å²) in [4.78, 5) is 17.3. The van der Waals surface area contributed by atoms with Crippen LogP contribution in [0, 0.1) is 20.8 Å². The van der Waals surface area contributed by atoms with Crippen molar-refractivity contribution in [2.75, 3.05) is 17.3 Å². The van der Waals surface area contributed by atoms with Crippen LogP contribution in [0.2, 0.25) is 0 Å². The topological polar surface area (TPSA) is 107 Å². The number of thioether (sulfide) groups is 1. The molecule has 0 unspecified atom stereocenters. The average Bonchev–Trinajstić information content (AvgIpc) is 3.43. The molecule has 10 heteroatoms. The van der Waals surface area contributed by atoms with Crippen LogP contribution in [0.25, 0.3) is 0 Å². The molecule has 32 heavy (non-hydrogen) atoms. The molecule has 0 saturated carbocycles. The van der Waals surface area contributed by atoms with Crippen molar-refractivity contribution in [3.05, 3.63) is 58.7 Å². The Kier molecular flexibility index (Phi) is 6.43. The van der Waals surface area contributed by atoms with E-state index in [1.807, 2.05) is 55.7 Å². The van der Waals surface area contributed by atoms with Crippen molar-refractivity contribution in [3.8, 4) is 5.75 Å². The lowest BCUT2D eigenvalue weighted by Gasteiger charge is -2.16. The molecule has 8 nitrogen and oxygen atoms in total. The molecule has 0 radical (unpaired) electrons. The van der Waals surface area contributed by atoms with Gasteiger partial charge in [-0.05, 0) is 44.9 Å². The number of H-pyrrole nitrogens is 1. The molecule has 1 aromatic carbocycles. The van der Waals surface area contributed by atoms with E-state index < -0.39 is 9.84 Å². The van der Waals surface area contributed by atoms with Crippen LogP contribution in [-0.2, 0) is 16.4 Å². The molecule has 3 heterocycles. The van der Waals surface area contributed by atoms with E-state index in [-0.39, 0.29) is 35.7 Å². The van der Waals surface area contributed by atoms with Gasteiger partial charge in [0.2, 0.25) is 5.16 Å². The zero-order chi connectivity index (χ0) is 22.9. The Labute approximate surface area is 191 Å². The molecule has 1 N–H and O–H groups in total. The van der Waals surface area contributed by atoms with E-state index in [4.69, 9.17) is 4.74 Å². The number of carbonyl (C=O) groups excluding carboxylic acids is 1. The van der Waals surface area contributed by atoms with Gasteiger partial charge in [-0.15, -0.1) is 5.10 Å². The van der Waals surface area contributed by atoms with Crippen LogP contribution in [0.15, 0.2) is 35.5 Å². The first-order valence-corrected chi connectivity index (χ1v) is 13.2. The maximum atomic E-state index is 12.9. The largest absolute Gasteiger partial charge is 0.485 e. The number of ether oxygens (including phenoxy) is 1. The van der Waals surface area contributed by atoms with E-state index in [0.717, 1.165) is 22.7 Å². The fourth-order valence-corrected chi connectivity index (χ4v) is 6.48. The van der Waals surface area contributed by atoms with Gasteiger partial charge >= 0.3 is 0 Å². The maximum absolute atomic E-state index is 12.9. The molecule has 1 aliphatic heterocycles. The monoisotopic (exact) mass is 474 g/mol. The third kappa shape index (κ3) is 4.91. The van der Waals surface area contributed by atoms with Crippen LogP contribution < -0.4 is 4.74 Å². The fraction of sp³-hybridized carbons (Fsp3) is 0.409. The summed E-state index contributed by atoms with van der Waals surface area (Å²) >= 11 is 1.26. The van der Waals surface area contributed by atoms with Crippen molar-refractivity contribution >= 4 is 27.4 Å². The number of hydrogen-bond donors (Lipinski definition) is 1. The standard InChI is InChI=1S/C22H26N4O4S2/c1-14-6-4-5-7-20(14)30-11-21-23-22(25-24-21)31-12-19(27)18-10-15(2)26(16(18)3)17-8-9-32(28,29)13-17/h4-7,10,17H,8-9,11-13H2,1-3H3,(H,23,24,25)/t17-/m0/s1.